The zero-order valence-electron chi connectivity index (χ0n) is 8.21. The molecule has 0 unspecified atom stereocenters. The highest BCUT2D eigenvalue weighted by Crippen LogP contribution is 2.24. The molecular weight excluding hydrogens is 162 g/mol. The minimum Gasteiger partial charge on any atom is -0.396 e. The summed E-state index contributed by atoms with van der Waals surface area (Å²) in [6.07, 6.45) is 10.9. The van der Waals surface area contributed by atoms with Crippen molar-refractivity contribution in [3.63, 3.8) is 0 Å². The summed E-state index contributed by atoms with van der Waals surface area (Å²) in [7, 11) is 0. The maximum Gasteiger partial charge on any atom is 0.0443 e. The van der Waals surface area contributed by atoms with Gasteiger partial charge in [0.25, 0.3) is 0 Å². The highest BCUT2D eigenvalue weighted by molar-refractivity contribution is 4.87. The molecule has 13 heavy (non-hydrogen) atoms. The molecule has 0 amide bonds. The summed E-state index contributed by atoms with van der Waals surface area (Å²) in [6, 6.07) is 0.750. The van der Waals surface area contributed by atoms with E-state index in [-0.39, 0.29) is 0 Å². The van der Waals surface area contributed by atoms with Gasteiger partial charge in [-0.2, -0.15) is 0 Å². The fourth-order valence-electron chi connectivity index (χ4n) is 1.71. The molecule has 1 aliphatic rings. The van der Waals surface area contributed by atoms with Crippen LogP contribution >= 0.6 is 0 Å². The van der Waals surface area contributed by atoms with Gasteiger partial charge in [0.2, 0.25) is 0 Å². The van der Waals surface area contributed by atoms with E-state index in [2.05, 4.69) is 10.8 Å². The molecule has 0 aromatic carbocycles. The fourth-order valence-corrected chi connectivity index (χ4v) is 1.71. The average Bonchev–Trinajstić information content (AvgIpc) is 2.06. The second-order valence-electron chi connectivity index (χ2n) is 3.65. The van der Waals surface area contributed by atoms with Gasteiger partial charge >= 0.3 is 0 Å². The lowest BCUT2D eigenvalue weighted by Gasteiger charge is -2.37. The first-order valence-electron chi connectivity index (χ1n) is 5.17. The molecule has 1 N–H and O–H groups in total. The van der Waals surface area contributed by atoms with E-state index in [1.54, 1.807) is 0 Å². The number of hydrogen-bond donors (Lipinski definition) is 1. The van der Waals surface area contributed by atoms with Crippen LogP contribution in [0.4, 0.5) is 0 Å². The van der Waals surface area contributed by atoms with Crippen molar-refractivity contribution >= 4 is 0 Å². The molecular formula is C11H19NO. The molecule has 1 aliphatic carbocycles. The van der Waals surface area contributed by atoms with Crippen molar-refractivity contribution < 1.29 is 5.11 Å². The van der Waals surface area contributed by atoms with E-state index in [9.17, 15) is 0 Å². The number of aliphatic hydroxyl groups excluding tert-OH is 1. The Morgan fingerprint density at radius 2 is 2.15 bits per heavy atom. The number of rotatable bonds is 6. The van der Waals surface area contributed by atoms with Gasteiger partial charge in [0.15, 0.2) is 0 Å². The largest absolute Gasteiger partial charge is 0.396 e. The Bertz CT molecular complexity index is 169. The molecule has 2 nitrogen and oxygen atoms in total. The summed E-state index contributed by atoms with van der Waals surface area (Å²) in [5, 5.41) is 8.75. The molecule has 0 aromatic heterocycles. The smallest absolute Gasteiger partial charge is 0.0443 e. The van der Waals surface area contributed by atoms with Crippen molar-refractivity contribution in [3.8, 4) is 12.3 Å². The highest BCUT2D eigenvalue weighted by Gasteiger charge is 2.23. The van der Waals surface area contributed by atoms with Gasteiger partial charge in [-0.15, -0.1) is 12.3 Å². The number of hydrogen-bond acceptors (Lipinski definition) is 2. The van der Waals surface area contributed by atoms with Crippen molar-refractivity contribution in [1.82, 2.24) is 4.90 Å². The van der Waals surface area contributed by atoms with Crippen LogP contribution in [0.15, 0.2) is 0 Å². The third kappa shape index (κ3) is 3.38. The molecule has 0 bridgehead atoms. The van der Waals surface area contributed by atoms with E-state index in [1.807, 2.05) is 0 Å². The fraction of sp³-hybridized carbons (Fsp3) is 0.818. The molecule has 0 radical (unpaired) electrons. The Morgan fingerprint density at radius 3 is 2.62 bits per heavy atom. The molecule has 0 spiro atoms. The van der Waals surface area contributed by atoms with Crippen LogP contribution in [0.3, 0.4) is 0 Å². The van der Waals surface area contributed by atoms with Gasteiger partial charge in [-0.05, 0) is 19.3 Å². The Morgan fingerprint density at radius 1 is 1.38 bits per heavy atom. The first kappa shape index (κ1) is 10.6. The van der Waals surface area contributed by atoms with Gasteiger partial charge in [-0.25, -0.2) is 0 Å². The summed E-state index contributed by atoms with van der Waals surface area (Å²) >= 11 is 0. The van der Waals surface area contributed by atoms with Crippen molar-refractivity contribution in [1.29, 1.82) is 0 Å². The van der Waals surface area contributed by atoms with Gasteiger partial charge in [-0.1, -0.05) is 6.42 Å². The van der Waals surface area contributed by atoms with Crippen LogP contribution in [0.2, 0.25) is 0 Å². The van der Waals surface area contributed by atoms with Gasteiger partial charge < -0.3 is 5.11 Å². The lowest BCUT2D eigenvalue weighted by atomic mass is 9.91. The number of nitrogens with zero attached hydrogens (tertiary/aromatic N) is 1. The van der Waals surface area contributed by atoms with E-state index in [4.69, 9.17) is 11.5 Å². The lowest BCUT2D eigenvalue weighted by Crippen LogP contribution is -2.41. The van der Waals surface area contributed by atoms with Crippen LogP contribution in [0.1, 0.15) is 32.1 Å². The minimum absolute atomic E-state index is 0.291. The molecule has 1 rings (SSSR count). The maximum absolute atomic E-state index is 8.75. The summed E-state index contributed by atoms with van der Waals surface area (Å²) < 4.78 is 0. The van der Waals surface area contributed by atoms with E-state index in [1.165, 1.54) is 19.3 Å². The van der Waals surface area contributed by atoms with Crippen LogP contribution < -0.4 is 0 Å². The molecule has 1 saturated carbocycles. The molecule has 2 heteroatoms. The van der Waals surface area contributed by atoms with Crippen molar-refractivity contribution in [2.24, 2.45) is 0 Å². The molecule has 0 saturated heterocycles. The quantitative estimate of drug-likeness (QED) is 0.623. The lowest BCUT2D eigenvalue weighted by molar-refractivity contribution is 0.119. The minimum atomic E-state index is 0.291. The molecule has 0 atom stereocenters. The summed E-state index contributed by atoms with van der Waals surface area (Å²) in [5.74, 6) is 2.67. The maximum atomic E-state index is 8.75. The zero-order chi connectivity index (χ0) is 9.52. The summed E-state index contributed by atoms with van der Waals surface area (Å²) in [4.78, 5) is 2.43. The van der Waals surface area contributed by atoms with Crippen LogP contribution in [0, 0.1) is 12.3 Å². The van der Waals surface area contributed by atoms with Gasteiger partial charge in [0, 0.05) is 32.2 Å². The SMILES string of the molecule is C#CCCN(CCCO)C1CCC1. The standard InChI is InChI=1S/C11H19NO/c1-2-3-8-12(9-5-10-13)11-6-4-7-11/h1,11,13H,3-10H2. The van der Waals surface area contributed by atoms with Crippen molar-refractivity contribution in [2.75, 3.05) is 19.7 Å². The van der Waals surface area contributed by atoms with Gasteiger partial charge in [0.1, 0.15) is 0 Å². The van der Waals surface area contributed by atoms with E-state index in [0.29, 0.717) is 6.61 Å². The number of terminal acetylenes is 1. The van der Waals surface area contributed by atoms with Crippen LogP contribution in [0.25, 0.3) is 0 Å². The van der Waals surface area contributed by atoms with Gasteiger partial charge in [-0.3, -0.25) is 4.90 Å². The van der Waals surface area contributed by atoms with Gasteiger partial charge in [0.05, 0.1) is 0 Å². The summed E-state index contributed by atoms with van der Waals surface area (Å²) in [6.45, 7) is 2.29. The van der Waals surface area contributed by atoms with Crippen LogP contribution in [0.5, 0.6) is 0 Å². The van der Waals surface area contributed by atoms with Crippen LogP contribution in [-0.4, -0.2) is 35.7 Å². The topological polar surface area (TPSA) is 23.5 Å². The Hall–Kier alpha value is -0.520. The van der Waals surface area contributed by atoms with E-state index in [0.717, 1.165) is 32.0 Å². The molecule has 0 aromatic rings. The Labute approximate surface area is 80.9 Å². The number of aliphatic hydroxyl groups is 1. The predicted molar refractivity (Wildman–Crippen MR) is 54.4 cm³/mol. The highest BCUT2D eigenvalue weighted by atomic mass is 16.3. The molecule has 74 valence electrons. The van der Waals surface area contributed by atoms with E-state index >= 15 is 0 Å². The van der Waals surface area contributed by atoms with Crippen LogP contribution in [-0.2, 0) is 0 Å². The molecule has 0 aliphatic heterocycles. The Kier molecular flexibility index (Phi) is 4.88. The monoisotopic (exact) mass is 181 g/mol. The average molecular weight is 181 g/mol. The second-order valence-corrected chi connectivity index (χ2v) is 3.65. The zero-order valence-corrected chi connectivity index (χ0v) is 8.21. The Balaban J connectivity index is 2.21. The second kappa shape index (κ2) is 6.01. The normalized spacial score (nSPS) is 17.0. The van der Waals surface area contributed by atoms with E-state index < -0.39 is 0 Å². The summed E-state index contributed by atoms with van der Waals surface area (Å²) in [5.41, 5.74) is 0. The van der Waals surface area contributed by atoms with Crippen molar-refractivity contribution in [2.45, 2.75) is 38.1 Å². The van der Waals surface area contributed by atoms with Crippen molar-refractivity contribution in [3.05, 3.63) is 0 Å². The molecule has 0 heterocycles. The third-order valence-corrected chi connectivity index (χ3v) is 2.74. The molecule has 1 fully saturated rings. The predicted octanol–water partition coefficient (Wildman–Crippen LogP) is 1.25. The third-order valence-electron chi connectivity index (χ3n) is 2.74. The first-order valence-corrected chi connectivity index (χ1v) is 5.17. The first-order chi connectivity index (χ1) is 6.38.